The van der Waals surface area contributed by atoms with E-state index in [2.05, 4.69) is 0 Å². The molecule has 0 amide bonds. The summed E-state index contributed by atoms with van der Waals surface area (Å²) in [5.74, 6) is 1.84. The van der Waals surface area contributed by atoms with Crippen LogP contribution >= 0.6 is 11.6 Å². The number of halogens is 1. The van der Waals surface area contributed by atoms with E-state index in [0.717, 1.165) is 29.7 Å². The molecule has 0 saturated carbocycles. The number of phenols is 1. The van der Waals surface area contributed by atoms with Crippen LogP contribution in [0.4, 0.5) is 0 Å². The summed E-state index contributed by atoms with van der Waals surface area (Å²) in [5, 5.41) is 9.26. The second-order valence-electron chi connectivity index (χ2n) is 4.32. The molecule has 2 aromatic rings. The van der Waals surface area contributed by atoms with Gasteiger partial charge in [0, 0.05) is 5.88 Å². The smallest absolute Gasteiger partial charge is 0.119 e. The van der Waals surface area contributed by atoms with E-state index >= 15 is 0 Å². The van der Waals surface area contributed by atoms with Crippen molar-refractivity contribution in [3.63, 3.8) is 0 Å². The van der Waals surface area contributed by atoms with Gasteiger partial charge in [0.2, 0.25) is 0 Å². The van der Waals surface area contributed by atoms with Crippen molar-refractivity contribution in [3.05, 3.63) is 48.5 Å². The van der Waals surface area contributed by atoms with Gasteiger partial charge >= 0.3 is 0 Å². The maximum Gasteiger partial charge on any atom is 0.119 e. The van der Waals surface area contributed by atoms with Gasteiger partial charge in [-0.1, -0.05) is 24.3 Å². The Labute approximate surface area is 118 Å². The van der Waals surface area contributed by atoms with Gasteiger partial charge in [0.05, 0.1) is 6.61 Å². The maximum absolute atomic E-state index is 9.26. The molecule has 19 heavy (non-hydrogen) atoms. The summed E-state index contributed by atoms with van der Waals surface area (Å²) < 4.78 is 5.62. The summed E-state index contributed by atoms with van der Waals surface area (Å²) in [6.07, 6.45) is 1.95. The molecule has 2 rings (SSSR count). The van der Waals surface area contributed by atoms with E-state index in [-0.39, 0.29) is 5.75 Å². The Morgan fingerprint density at radius 1 is 0.842 bits per heavy atom. The van der Waals surface area contributed by atoms with Crippen LogP contribution < -0.4 is 4.74 Å². The summed E-state index contributed by atoms with van der Waals surface area (Å²) in [6.45, 7) is 0.700. The van der Waals surface area contributed by atoms with E-state index in [1.54, 1.807) is 12.1 Å². The first-order valence-electron chi connectivity index (χ1n) is 6.38. The molecule has 2 nitrogen and oxygen atoms in total. The monoisotopic (exact) mass is 276 g/mol. The van der Waals surface area contributed by atoms with E-state index in [9.17, 15) is 5.11 Å². The quantitative estimate of drug-likeness (QED) is 0.624. The summed E-state index contributed by atoms with van der Waals surface area (Å²) >= 11 is 5.61. The molecule has 0 aliphatic carbocycles. The third kappa shape index (κ3) is 4.18. The molecule has 0 atom stereocenters. The average Bonchev–Trinajstić information content (AvgIpc) is 2.45. The average molecular weight is 277 g/mol. The highest BCUT2D eigenvalue weighted by atomic mass is 35.5. The number of ether oxygens (including phenoxy) is 1. The second kappa shape index (κ2) is 7.05. The molecule has 0 spiro atoms. The molecule has 0 bridgehead atoms. The van der Waals surface area contributed by atoms with Gasteiger partial charge in [-0.25, -0.2) is 0 Å². The zero-order valence-electron chi connectivity index (χ0n) is 10.7. The van der Waals surface area contributed by atoms with Crippen molar-refractivity contribution in [1.82, 2.24) is 0 Å². The molecule has 0 aliphatic heterocycles. The van der Waals surface area contributed by atoms with Gasteiger partial charge in [0.25, 0.3) is 0 Å². The van der Waals surface area contributed by atoms with Crippen molar-refractivity contribution < 1.29 is 9.84 Å². The van der Waals surface area contributed by atoms with Crippen LogP contribution in [-0.4, -0.2) is 17.6 Å². The molecular formula is C16H17ClO2. The van der Waals surface area contributed by atoms with Crippen molar-refractivity contribution in [2.24, 2.45) is 0 Å². The lowest BCUT2D eigenvalue weighted by molar-refractivity contribution is 0.310. The minimum Gasteiger partial charge on any atom is -0.508 e. The number of aromatic hydroxyl groups is 1. The van der Waals surface area contributed by atoms with Gasteiger partial charge in [-0.2, -0.15) is 0 Å². The Bertz CT molecular complexity index is 491. The summed E-state index contributed by atoms with van der Waals surface area (Å²) in [5.41, 5.74) is 2.18. The molecule has 1 N–H and O–H groups in total. The highest BCUT2D eigenvalue weighted by Crippen LogP contribution is 2.24. The molecule has 0 aliphatic rings. The topological polar surface area (TPSA) is 29.5 Å². The van der Waals surface area contributed by atoms with Crippen molar-refractivity contribution in [2.45, 2.75) is 12.8 Å². The highest BCUT2D eigenvalue weighted by molar-refractivity contribution is 6.17. The summed E-state index contributed by atoms with van der Waals surface area (Å²) in [7, 11) is 0. The van der Waals surface area contributed by atoms with Crippen molar-refractivity contribution in [2.75, 3.05) is 12.5 Å². The van der Waals surface area contributed by atoms with E-state index in [0.29, 0.717) is 12.5 Å². The summed E-state index contributed by atoms with van der Waals surface area (Å²) in [6, 6.07) is 15.1. The SMILES string of the molecule is Oc1ccc(-c2ccc(OCCCCCl)cc2)cc1. The van der Waals surface area contributed by atoms with E-state index < -0.39 is 0 Å². The first-order valence-corrected chi connectivity index (χ1v) is 6.91. The fraction of sp³-hybridized carbons (Fsp3) is 0.250. The molecular weight excluding hydrogens is 260 g/mol. The Hall–Kier alpha value is -1.67. The third-order valence-corrected chi connectivity index (χ3v) is 3.12. The summed E-state index contributed by atoms with van der Waals surface area (Å²) in [4.78, 5) is 0. The minimum atomic E-state index is 0.281. The van der Waals surface area contributed by atoms with Gasteiger partial charge in [-0.15, -0.1) is 11.6 Å². The van der Waals surface area contributed by atoms with Crippen LogP contribution in [0.2, 0.25) is 0 Å². The van der Waals surface area contributed by atoms with E-state index in [1.165, 1.54) is 0 Å². The largest absolute Gasteiger partial charge is 0.508 e. The fourth-order valence-electron chi connectivity index (χ4n) is 1.78. The number of alkyl halides is 1. The number of unbranched alkanes of at least 4 members (excludes halogenated alkanes) is 1. The van der Waals surface area contributed by atoms with Crippen LogP contribution in [0.5, 0.6) is 11.5 Å². The first kappa shape index (κ1) is 13.8. The molecule has 2 aromatic carbocycles. The Balaban J connectivity index is 1.96. The second-order valence-corrected chi connectivity index (χ2v) is 4.69. The molecule has 100 valence electrons. The lowest BCUT2D eigenvalue weighted by Crippen LogP contribution is -1.97. The standard InChI is InChI=1S/C16H17ClO2/c17-11-1-2-12-19-16-9-5-14(6-10-16)13-3-7-15(18)8-4-13/h3-10,18H,1-2,11-12H2. The van der Waals surface area contributed by atoms with Gasteiger partial charge in [-0.3, -0.25) is 0 Å². The first-order chi connectivity index (χ1) is 9.29. The molecule has 0 aromatic heterocycles. The van der Waals surface area contributed by atoms with Gasteiger partial charge in [-0.05, 0) is 48.2 Å². The minimum absolute atomic E-state index is 0.281. The third-order valence-electron chi connectivity index (χ3n) is 2.85. The van der Waals surface area contributed by atoms with Crippen LogP contribution in [0.25, 0.3) is 11.1 Å². The van der Waals surface area contributed by atoms with Gasteiger partial charge in [0.15, 0.2) is 0 Å². The fourth-order valence-corrected chi connectivity index (χ4v) is 1.97. The van der Waals surface area contributed by atoms with Crippen LogP contribution in [-0.2, 0) is 0 Å². The molecule has 0 heterocycles. The predicted molar refractivity (Wildman–Crippen MR) is 79.0 cm³/mol. The van der Waals surface area contributed by atoms with Crippen LogP contribution in [0, 0.1) is 0 Å². The van der Waals surface area contributed by atoms with Crippen LogP contribution in [0.15, 0.2) is 48.5 Å². The predicted octanol–water partition coefficient (Wildman–Crippen LogP) is 4.46. The van der Waals surface area contributed by atoms with Crippen LogP contribution in [0.3, 0.4) is 0 Å². The molecule has 0 unspecified atom stereocenters. The zero-order chi connectivity index (χ0) is 13.5. The molecule has 3 heteroatoms. The number of hydrogen-bond acceptors (Lipinski definition) is 2. The van der Waals surface area contributed by atoms with Crippen molar-refractivity contribution in [3.8, 4) is 22.6 Å². The number of phenolic OH excluding ortho intramolecular Hbond substituents is 1. The Morgan fingerprint density at radius 2 is 1.42 bits per heavy atom. The Kier molecular flexibility index (Phi) is 5.10. The Morgan fingerprint density at radius 3 is 2.00 bits per heavy atom. The molecule has 0 radical (unpaired) electrons. The van der Waals surface area contributed by atoms with Gasteiger partial charge in [0.1, 0.15) is 11.5 Å². The highest BCUT2D eigenvalue weighted by Gasteiger charge is 1.99. The lowest BCUT2D eigenvalue weighted by Gasteiger charge is -2.07. The number of benzene rings is 2. The van der Waals surface area contributed by atoms with Crippen LogP contribution in [0.1, 0.15) is 12.8 Å². The number of hydrogen-bond donors (Lipinski definition) is 1. The molecule has 0 fully saturated rings. The van der Waals surface area contributed by atoms with Crippen molar-refractivity contribution in [1.29, 1.82) is 0 Å². The lowest BCUT2D eigenvalue weighted by atomic mass is 10.1. The molecule has 0 saturated heterocycles. The maximum atomic E-state index is 9.26. The van der Waals surface area contributed by atoms with Gasteiger partial charge < -0.3 is 9.84 Å². The zero-order valence-corrected chi connectivity index (χ0v) is 11.4. The number of rotatable bonds is 6. The van der Waals surface area contributed by atoms with Crippen molar-refractivity contribution >= 4 is 11.6 Å². The normalized spacial score (nSPS) is 10.4. The van der Waals surface area contributed by atoms with E-state index in [1.807, 2.05) is 36.4 Å². The van der Waals surface area contributed by atoms with E-state index in [4.69, 9.17) is 16.3 Å².